The van der Waals surface area contributed by atoms with Gasteiger partial charge in [-0.3, -0.25) is 0 Å². The number of hydrogen-bond donors (Lipinski definition) is 1. The number of nitrogens with zero attached hydrogens (tertiary/aromatic N) is 2. The van der Waals surface area contributed by atoms with Crippen molar-refractivity contribution in [3.05, 3.63) is 23.8 Å². The van der Waals surface area contributed by atoms with Gasteiger partial charge in [-0.1, -0.05) is 0 Å². The Morgan fingerprint density at radius 2 is 2.00 bits per heavy atom. The van der Waals surface area contributed by atoms with E-state index in [1.165, 1.54) is 32.3 Å². The second-order valence-electron chi connectivity index (χ2n) is 3.15. The molecule has 0 aromatic heterocycles. The summed E-state index contributed by atoms with van der Waals surface area (Å²) in [5.74, 6) is 0. The molecule has 0 aliphatic heterocycles. The lowest BCUT2D eigenvalue weighted by atomic mass is 10.2. The van der Waals surface area contributed by atoms with E-state index in [4.69, 9.17) is 11.0 Å². The molecule has 2 N–H and O–H groups in total. The molecular formula is C9H11N3O2S. The molecule has 0 atom stereocenters. The molecule has 5 nitrogen and oxygen atoms in total. The average Bonchev–Trinajstić information content (AvgIpc) is 2.16. The molecule has 15 heavy (non-hydrogen) atoms. The number of nitrogen functional groups attached to an aromatic ring is 1. The Labute approximate surface area is 88.8 Å². The van der Waals surface area contributed by atoms with Crippen molar-refractivity contribution in [1.82, 2.24) is 4.31 Å². The molecule has 0 radical (unpaired) electrons. The van der Waals surface area contributed by atoms with Gasteiger partial charge in [-0.2, -0.15) is 5.26 Å². The van der Waals surface area contributed by atoms with E-state index in [0.717, 1.165) is 4.31 Å². The quantitative estimate of drug-likeness (QED) is 0.737. The molecule has 0 heterocycles. The number of nitrogens with two attached hydrogens (primary N) is 1. The highest BCUT2D eigenvalue weighted by Gasteiger charge is 2.19. The number of nitriles is 1. The lowest BCUT2D eigenvalue weighted by molar-refractivity contribution is 0.521. The lowest BCUT2D eigenvalue weighted by Gasteiger charge is -2.12. The van der Waals surface area contributed by atoms with Crippen molar-refractivity contribution in [1.29, 1.82) is 5.26 Å². The van der Waals surface area contributed by atoms with Crippen LogP contribution in [0.2, 0.25) is 0 Å². The zero-order chi connectivity index (χ0) is 11.6. The van der Waals surface area contributed by atoms with Gasteiger partial charge >= 0.3 is 0 Å². The molecule has 0 saturated carbocycles. The van der Waals surface area contributed by atoms with Crippen LogP contribution in [0.4, 0.5) is 5.69 Å². The van der Waals surface area contributed by atoms with Gasteiger partial charge in [0.25, 0.3) is 0 Å². The van der Waals surface area contributed by atoms with E-state index in [-0.39, 0.29) is 10.6 Å². The van der Waals surface area contributed by atoms with Crippen molar-refractivity contribution >= 4 is 15.7 Å². The summed E-state index contributed by atoms with van der Waals surface area (Å²) in [6.45, 7) is 0. The van der Waals surface area contributed by atoms with Crippen LogP contribution in [0.25, 0.3) is 0 Å². The van der Waals surface area contributed by atoms with E-state index in [0.29, 0.717) is 5.56 Å². The molecule has 1 aromatic rings. The van der Waals surface area contributed by atoms with Crippen LogP contribution >= 0.6 is 0 Å². The molecule has 1 rings (SSSR count). The highest BCUT2D eigenvalue weighted by Crippen LogP contribution is 2.21. The normalized spacial score (nSPS) is 11.3. The smallest absolute Gasteiger partial charge is 0.244 e. The van der Waals surface area contributed by atoms with Crippen molar-refractivity contribution in [2.24, 2.45) is 0 Å². The predicted octanol–water partition coefficient (Wildman–Crippen LogP) is 0.391. The second kappa shape index (κ2) is 3.88. The van der Waals surface area contributed by atoms with Crippen LogP contribution in [0.5, 0.6) is 0 Å². The molecule has 0 saturated heterocycles. The first kappa shape index (κ1) is 11.5. The van der Waals surface area contributed by atoms with Gasteiger partial charge in [0.1, 0.15) is 4.90 Å². The Hall–Kier alpha value is -1.58. The van der Waals surface area contributed by atoms with Crippen LogP contribution < -0.4 is 5.73 Å². The van der Waals surface area contributed by atoms with Crippen molar-refractivity contribution in [2.75, 3.05) is 19.8 Å². The zero-order valence-electron chi connectivity index (χ0n) is 8.43. The van der Waals surface area contributed by atoms with Gasteiger partial charge in [0.05, 0.1) is 17.3 Å². The minimum absolute atomic E-state index is 0.0199. The summed E-state index contributed by atoms with van der Waals surface area (Å²) in [7, 11) is -0.686. The summed E-state index contributed by atoms with van der Waals surface area (Å²) in [6.07, 6.45) is 0. The molecule has 0 amide bonds. The van der Waals surface area contributed by atoms with Crippen LogP contribution in [-0.2, 0) is 10.0 Å². The fourth-order valence-corrected chi connectivity index (χ4v) is 2.04. The predicted molar refractivity (Wildman–Crippen MR) is 56.4 cm³/mol. The zero-order valence-corrected chi connectivity index (χ0v) is 9.25. The number of anilines is 1. The lowest BCUT2D eigenvalue weighted by Crippen LogP contribution is -2.23. The number of sulfonamides is 1. The first-order chi connectivity index (χ1) is 6.89. The maximum absolute atomic E-state index is 11.7. The number of benzene rings is 1. The second-order valence-corrected chi connectivity index (χ2v) is 5.27. The standard InChI is InChI=1S/C9H11N3O2S/c1-12(2)15(13,14)9-4-3-7(6-10)5-8(9)11/h3-5H,11H2,1-2H3. The van der Waals surface area contributed by atoms with Gasteiger partial charge in [-0.05, 0) is 18.2 Å². The topological polar surface area (TPSA) is 87.2 Å². The molecule has 0 aliphatic rings. The summed E-state index contributed by atoms with van der Waals surface area (Å²) in [6, 6.07) is 5.99. The largest absolute Gasteiger partial charge is 0.398 e. The Morgan fingerprint density at radius 3 is 2.40 bits per heavy atom. The van der Waals surface area contributed by atoms with E-state index in [9.17, 15) is 8.42 Å². The van der Waals surface area contributed by atoms with Gasteiger partial charge in [-0.15, -0.1) is 0 Å². The summed E-state index contributed by atoms with van der Waals surface area (Å²) >= 11 is 0. The van der Waals surface area contributed by atoms with Gasteiger partial charge in [-0.25, -0.2) is 12.7 Å². The monoisotopic (exact) mass is 225 g/mol. The summed E-state index contributed by atoms with van der Waals surface area (Å²) in [4.78, 5) is 0.0199. The third kappa shape index (κ3) is 2.09. The van der Waals surface area contributed by atoms with E-state index in [1.807, 2.05) is 6.07 Å². The molecule has 1 aromatic carbocycles. The fraction of sp³-hybridized carbons (Fsp3) is 0.222. The van der Waals surface area contributed by atoms with Crippen LogP contribution in [0.1, 0.15) is 5.56 Å². The van der Waals surface area contributed by atoms with Crippen molar-refractivity contribution in [2.45, 2.75) is 4.90 Å². The van der Waals surface area contributed by atoms with Gasteiger partial charge < -0.3 is 5.73 Å². The van der Waals surface area contributed by atoms with Crippen molar-refractivity contribution < 1.29 is 8.42 Å². The van der Waals surface area contributed by atoms with E-state index in [1.54, 1.807) is 0 Å². The average molecular weight is 225 g/mol. The van der Waals surface area contributed by atoms with Gasteiger partial charge in [0, 0.05) is 14.1 Å². The minimum atomic E-state index is -3.53. The first-order valence-corrected chi connectivity index (χ1v) is 5.55. The first-order valence-electron chi connectivity index (χ1n) is 4.11. The van der Waals surface area contributed by atoms with E-state index >= 15 is 0 Å². The molecular weight excluding hydrogens is 214 g/mol. The maximum Gasteiger partial charge on any atom is 0.244 e. The molecule has 6 heteroatoms. The Morgan fingerprint density at radius 1 is 1.40 bits per heavy atom. The third-order valence-corrected chi connectivity index (χ3v) is 3.79. The van der Waals surface area contributed by atoms with Gasteiger partial charge in [0.15, 0.2) is 0 Å². The fourth-order valence-electron chi connectivity index (χ4n) is 1.05. The summed E-state index contributed by atoms with van der Waals surface area (Å²) in [5.41, 5.74) is 5.99. The highest BCUT2D eigenvalue weighted by molar-refractivity contribution is 7.89. The van der Waals surface area contributed by atoms with Crippen LogP contribution in [0.3, 0.4) is 0 Å². The summed E-state index contributed by atoms with van der Waals surface area (Å²) < 4.78 is 24.5. The highest BCUT2D eigenvalue weighted by atomic mass is 32.2. The van der Waals surface area contributed by atoms with Crippen molar-refractivity contribution in [3.8, 4) is 6.07 Å². The summed E-state index contributed by atoms with van der Waals surface area (Å²) in [5, 5.41) is 8.60. The molecule has 0 unspecified atom stereocenters. The number of rotatable bonds is 2. The molecule has 0 fully saturated rings. The Kier molecular flexibility index (Phi) is 2.98. The minimum Gasteiger partial charge on any atom is -0.398 e. The van der Waals surface area contributed by atoms with E-state index < -0.39 is 10.0 Å². The number of hydrogen-bond acceptors (Lipinski definition) is 4. The van der Waals surface area contributed by atoms with E-state index in [2.05, 4.69) is 0 Å². The molecule has 0 spiro atoms. The molecule has 0 aliphatic carbocycles. The maximum atomic E-state index is 11.7. The SMILES string of the molecule is CN(C)S(=O)(=O)c1ccc(C#N)cc1N. The molecule has 80 valence electrons. The third-order valence-electron chi connectivity index (χ3n) is 1.90. The van der Waals surface area contributed by atoms with Gasteiger partial charge in [0.2, 0.25) is 10.0 Å². The van der Waals surface area contributed by atoms with Crippen LogP contribution in [0.15, 0.2) is 23.1 Å². The van der Waals surface area contributed by atoms with Crippen molar-refractivity contribution in [3.63, 3.8) is 0 Å². The Bertz CT molecular complexity index is 515. The van der Waals surface area contributed by atoms with Crippen LogP contribution in [0, 0.1) is 11.3 Å². The van der Waals surface area contributed by atoms with Crippen LogP contribution in [-0.4, -0.2) is 26.8 Å². The molecule has 0 bridgehead atoms. The Balaban J connectivity index is 3.37.